The zero-order valence-corrected chi connectivity index (χ0v) is 29.1. The molecule has 2 aliphatic rings. The number of ether oxygens (including phenoxy) is 2. The van der Waals surface area contributed by atoms with Gasteiger partial charge in [0.1, 0.15) is 12.1 Å². The third-order valence-electron chi connectivity index (χ3n) is 10.5. The minimum atomic E-state index is -0.492. The van der Waals surface area contributed by atoms with E-state index >= 15 is 4.39 Å². The molecule has 0 saturated carbocycles. The Kier molecular flexibility index (Phi) is 9.68. The Labute approximate surface area is 296 Å². The zero-order valence-electron chi connectivity index (χ0n) is 29.1. The van der Waals surface area contributed by atoms with Crippen molar-refractivity contribution in [3.05, 3.63) is 77.8 Å². The molecule has 2 aromatic heterocycles. The van der Waals surface area contributed by atoms with Gasteiger partial charge in [-0.15, -0.1) is 0 Å². The highest BCUT2D eigenvalue weighted by molar-refractivity contribution is 6.09. The van der Waals surface area contributed by atoms with E-state index in [4.69, 9.17) is 19.6 Å². The lowest BCUT2D eigenvalue weighted by atomic mass is 9.90. The number of carbonyl (C=O) groups excluding carboxylic acids is 1. The molecule has 0 unspecified atom stereocenters. The molecule has 0 spiro atoms. The van der Waals surface area contributed by atoms with Gasteiger partial charge >= 0.3 is 0 Å². The Morgan fingerprint density at radius 1 is 1.12 bits per heavy atom. The zero-order chi connectivity index (χ0) is 35.6. The quantitative estimate of drug-likeness (QED) is 0.155. The van der Waals surface area contributed by atoms with E-state index in [9.17, 15) is 15.3 Å². The number of likely N-dealkylation sites (N-methyl/N-ethyl adjacent to an activating group) is 1. The number of methoxy groups -OCH3 is 1. The number of piperidine rings is 1. The van der Waals surface area contributed by atoms with E-state index in [0.29, 0.717) is 82.4 Å². The van der Waals surface area contributed by atoms with Crippen LogP contribution < -0.4 is 4.74 Å². The lowest BCUT2D eigenvalue weighted by Crippen LogP contribution is -2.46. The number of benzene rings is 3. The Bertz CT molecular complexity index is 2250. The fourth-order valence-electron chi connectivity index (χ4n) is 7.91. The minimum Gasteiger partial charge on any atom is -0.475 e. The molecule has 3 atom stereocenters. The van der Waals surface area contributed by atoms with Crippen molar-refractivity contribution in [1.29, 1.82) is 10.5 Å². The first kappa shape index (κ1) is 34.1. The van der Waals surface area contributed by atoms with Crippen LogP contribution in [0, 0.1) is 35.4 Å². The van der Waals surface area contributed by atoms with Crippen LogP contribution in [0.4, 0.5) is 4.39 Å². The van der Waals surface area contributed by atoms with Crippen LogP contribution in [0.25, 0.3) is 43.7 Å². The van der Waals surface area contributed by atoms with Crippen molar-refractivity contribution in [2.75, 3.05) is 40.5 Å². The summed E-state index contributed by atoms with van der Waals surface area (Å²) < 4.78 is 30.7. The molecule has 2 saturated heterocycles. The number of aromatic nitrogens is 3. The van der Waals surface area contributed by atoms with Crippen LogP contribution in [0.5, 0.6) is 5.88 Å². The lowest BCUT2D eigenvalue weighted by molar-refractivity contribution is -0.130. The third-order valence-corrected chi connectivity index (χ3v) is 10.5. The third kappa shape index (κ3) is 6.28. The summed E-state index contributed by atoms with van der Waals surface area (Å²) in [6.45, 7) is 4.04. The van der Waals surface area contributed by atoms with Crippen molar-refractivity contribution in [1.82, 2.24) is 24.6 Å². The number of carbonyl (C=O) groups is 1. The number of amides is 1. The summed E-state index contributed by atoms with van der Waals surface area (Å²) in [5, 5.41) is 27.4. The Morgan fingerprint density at radius 2 is 1.94 bits per heavy atom. The van der Waals surface area contributed by atoms with Crippen molar-refractivity contribution in [3.8, 4) is 29.1 Å². The van der Waals surface area contributed by atoms with Gasteiger partial charge in [-0.1, -0.05) is 36.4 Å². The maximum atomic E-state index is 17.3. The molecule has 1 amide bonds. The fraction of sp³-hybridized carbons (Fsp3) is 0.375. The van der Waals surface area contributed by atoms with Crippen LogP contribution in [0.15, 0.2) is 60.8 Å². The van der Waals surface area contributed by atoms with Crippen LogP contribution in [-0.2, 0) is 9.53 Å². The summed E-state index contributed by atoms with van der Waals surface area (Å²) in [5.41, 5.74) is 3.05. The van der Waals surface area contributed by atoms with Gasteiger partial charge in [-0.05, 0) is 74.8 Å². The summed E-state index contributed by atoms with van der Waals surface area (Å²) in [6, 6.07) is 17.4. The predicted molar refractivity (Wildman–Crippen MR) is 194 cm³/mol. The number of nitrogens with zero attached hydrogens (tertiary/aromatic N) is 7. The molecule has 2 fully saturated rings. The maximum Gasteiger partial charge on any atom is 0.246 e. The van der Waals surface area contributed by atoms with Crippen LogP contribution in [0.3, 0.4) is 0 Å². The molecule has 0 N–H and O–H groups in total. The molecule has 7 rings (SSSR count). The van der Waals surface area contributed by atoms with E-state index in [1.807, 2.05) is 48.0 Å². The predicted octanol–water partition coefficient (Wildman–Crippen LogP) is 6.85. The SMILES string of the molecule is COC/C=C/C(=O)N1CC[C@H](n2ncc3c(OC[C@@H]4CCCN4C)nc4c(F)c(-c5cccc6cccc(C#N)c56)c(C)cc4c32)C[C@H]1CC#N. The number of fused-ring (bicyclic) bond motifs is 4. The number of nitriles is 2. The molecule has 0 radical (unpaired) electrons. The lowest BCUT2D eigenvalue weighted by Gasteiger charge is -2.38. The van der Waals surface area contributed by atoms with Crippen LogP contribution in [-0.4, -0.2) is 83.0 Å². The van der Waals surface area contributed by atoms with Crippen molar-refractivity contribution < 1.29 is 18.7 Å². The molecule has 260 valence electrons. The summed E-state index contributed by atoms with van der Waals surface area (Å²) in [5.74, 6) is -0.331. The first-order chi connectivity index (χ1) is 24.8. The van der Waals surface area contributed by atoms with E-state index < -0.39 is 5.82 Å². The van der Waals surface area contributed by atoms with Gasteiger partial charge in [-0.3, -0.25) is 9.48 Å². The minimum absolute atomic E-state index is 0.156. The van der Waals surface area contributed by atoms with Gasteiger partial charge in [0, 0.05) is 48.2 Å². The topological polar surface area (TPSA) is 120 Å². The second-order valence-corrected chi connectivity index (χ2v) is 13.5. The molecule has 5 aromatic rings. The first-order valence-electron chi connectivity index (χ1n) is 17.4. The number of hydrogen-bond acceptors (Lipinski definition) is 8. The van der Waals surface area contributed by atoms with E-state index in [1.165, 1.54) is 6.08 Å². The first-order valence-corrected chi connectivity index (χ1v) is 17.4. The van der Waals surface area contributed by atoms with Gasteiger partial charge in [0.15, 0.2) is 5.82 Å². The van der Waals surface area contributed by atoms with E-state index in [2.05, 4.69) is 24.1 Å². The van der Waals surface area contributed by atoms with E-state index in [0.717, 1.165) is 24.8 Å². The Balaban J connectivity index is 1.37. The molecule has 3 aromatic carbocycles. The molecule has 51 heavy (non-hydrogen) atoms. The smallest absolute Gasteiger partial charge is 0.246 e. The average molecular weight is 686 g/mol. The maximum absolute atomic E-state index is 17.3. The number of aryl methyl sites for hydroxylation is 1. The molecular weight excluding hydrogens is 645 g/mol. The average Bonchev–Trinajstić information content (AvgIpc) is 3.77. The van der Waals surface area contributed by atoms with Crippen LogP contribution in [0.1, 0.15) is 49.3 Å². The molecular formula is C40H40FN7O3. The second-order valence-electron chi connectivity index (χ2n) is 13.5. The number of rotatable bonds is 9. The molecule has 0 bridgehead atoms. The van der Waals surface area contributed by atoms with E-state index in [-0.39, 0.29) is 36.0 Å². The largest absolute Gasteiger partial charge is 0.475 e. The summed E-state index contributed by atoms with van der Waals surface area (Å²) in [7, 11) is 3.65. The van der Waals surface area contributed by atoms with Crippen molar-refractivity contribution >= 4 is 38.5 Å². The fourth-order valence-corrected chi connectivity index (χ4v) is 7.91. The number of halogens is 1. The van der Waals surface area contributed by atoms with Gasteiger partial charge in [0.2, 0.25) is 11.8 Å². The van der Waals surface area contributed by atoms with E-state index in [1.54, 1.807) is 30.3 Å². The monoisotopic (exact) mass is 685 g/mol. The number of hydrogen-bond donors (Lipinski definition) is 0. The molecule has 4 heterocycles. The number of likely N-dealkylation sites (tertiary alicyclic amines) is 2. The summed E-state index contributed by atoms with van der Waals surface area (Å²) in [4.78, 5) is 22.0. The van der Waals surface area contributed by atoms with Gasteiger partial charge < -0.3 is 19.3 Å². The Morgan fingerprint density at radius 3 is 2.69 bits per heavy atom. The van der Waals surface area contributed by atoms with Gasteiger partial charge in [0.05, 0.1) is 53.9 Å². The second kappa shape index (κ2) is 14.5. The highest BCUT2D eigenvalue weighted by atomic mass is 19.1. The Hall–Kier alpha value is -5.36. The highest BCUT2D eigenvalue weighted by Crippen LogP contribution is 2.42. The van der Waals surface area contributed by atoms with Crippen molar-refractivity contribution in [3.63, 3.8) is 0 Å². The summed E-state index contributed by atoms with van der Waals surface area (Å²) >= 11 is 0. The summed E-state index contributed by atoms with van der Waals surface area (Å²) in [6.07, 6.45) is 8.29. The van der Waals surface area contributed by atoms with Crippen molar-refractivity contribution in [2.24, 2.45) is 0 Å². The molecule has 2 aliphatic heterocycles. The standard InChI is InChI=1S/C40H40FN7O3/c1-25-20-32-38(37(41)35(25)31-12-5-9-26-8-4-10-27(22-43)36(26)31)45-40(51-24-30-11-6-17-46(30)2)33-23-44-48(39(32)33)29-15-18-47(28(21-29)14-16-42)34(49)13-7-19-50-3/h4-5,7-10,12-13,20,23,28-30H,6,11,14-15,17-19,21,24H2,1-3H3/b13-7+/t28-,29+,30+/m1/s1. The van der Waals surface area contributed by atoms with Crippen molar-refractivity contribution in [2.45, 2.75) is 57.2 Å². The van der Waals surface area contributed by atoms with Crippen LogP contribution in [0.2, 0.25) is 0 Å². The van der Waals surface area contributed by atoms with Crippen LogP contribution >= 0.6 is 0 Å². The van der Waals surface area contributed by atoms with Gasteiger partial charge in [-0.2, -0.15) is 15.6 Å². The molecule has 0 aliphatic carbocycles. The molecule has 10 nitrogen and oxygen atoms in total. The number of pyridine rings is 1. The van der Waals surface area contributed by atoms with Gasteiger partial charge in [0.25, 0.3) is 0 Å². The normalized spacial score (nSPS) is 19.6. The molecule has 11 heteroatoms. The highest BCUT2D eigenvalue weighted by Gasteiger charge is 2.34. The van der Waals surface area contributed by atoms with Gasteiger partial charge in [-0.25, -0.2) is 9.37 Å².